The van der Waals surface area contributed by atoms with E-state index >= 15 is 19.2 Å². The van der Waals surface area contributed by atoms with Crippen LogP contribution < -0.4 is 19.1 Å². The lowest BCUT2D eigenvalue weighted by atomic mass is 9.64. The number of fused-ring (bicyclic) bond motifs is 4. The molecule has 11 rings (SSSR count). The Morgan fingerprint density at radius 1 is 0.787 bits per heavy atom. The van der Waals surface area contributed by atoms with E-state index in [1.54, 1.807) is 54.5 Å². The van der Waals surface area contributed by atoms with Gasteiger partial charge in [-0.25, -0.2) is 9.69 Å². The van der Waals surface area contributed by atoms with Crippen LogP contribution in [0.3, 0.4) is 0 Å². The third-order valence-corrected chi connectivity index (χ3v) is 16.4. The Morgan fingerprint density at radius 2 is 1.45 bits per heavy atom. The van der Waals surface area contributed by atoms with Crippen molar-refractivity contribution >= 4 is 35.3 Å². The molecule has 4 heterocycles. The van der Waals surface area contributed by atoms with Gasteiger partial charge in [0.2, 0.25) is 11.8 Å². The van der Waals surface area contributed by atoms with Crippen LogP contribution in [0.2, 0.25) is 0 Å². The van der Waals surface area contributed by atoms with Gasteiger partial charge in [0.15, 0.2) is 11.5 Å². The summed E-state index contributed by atoms with van der Waals surface area (Å²) in [4.78, 5) is 80.2. The van der Waals surface area contributed by atoms with Crippen LogP contribution in [0, 0.1) is 27.9 Å². The molecule has 17 nitrogen and oxygen atoms in total. The van der Waals surface area contributed by atoms with Gasteiger partial charge in [-0.2, -0.15) is 0 Å². The van der Waals surface area contributed by atoms with Gasteiger partial charge in [0.25, 0.3) is 5.69 Å². The van der Waals surface area contributed by atoms with E-state index in [0.717, 1.165) is 41.7 Å². The Hall–Kier alpha value is -8.56. The van der Waals surface area contributed by atoms with Crippen molar-refractivity contribution in [3.8, 4) is 29.1 Å². The van der Waals surface area contributed by atoms with Crippen LogP contribution in [-0.4, -0.2) is 94.4 Å². The van der Waals surface area contributed by atoms with Gasteiger partial charge in [0.05, 0.1) is 49.4 Å². The zero-order chi connectivity index (χ0) is 55.7. The number of esters is 1. The molecule has 6 aromatic carbocycles. The Morgan fingerprint density at radius 3 is 2.10 bits per heavy atom. The summed E-state index contributed by atoms with van der Waals surface area (Å²) in [5.74, 6) is 4.00. The number of nitro groups is 1. The summed E-state index contributed by atoms with van der Waals surface area (Å²) in [7, 11) is 3.08. The number of hydrogen-bond acceptors (Lipinski definition) is 14. The number of hydrogen-bond donors (Lipinski definition) is 2. The number of cyclic esters (lactones) is 1. The summed E-state index contributed by atoms with van der Waals surface area (Å²) in [6, 6.07) is 36.2. The maximum Gasteiger partial charge on any atom is 0.421 e. The number of aliphatic hydroxyl groups is 2. The molecule has 3 fully saturated rings. The summed E-state index contributed by atoms with van der Waals surface area (Å²) in [5, 5.41) is 33.1. The van der Waals surface area contributed by atoms with Gasteiger partial charge in [-0.05, 0) is 126 Å². The van der Waals surface area contributed by atoms with Crippen LogP contribution in [-0.2, 0) is 48.8 Å². The molecule has 0 unspecified atom stereocenters. The van der Waals surface area contributed by atoms with Crippen molar-refractivity contribution in [1.29, 1.82) is 0 Å². The lowest BCUT2D eigenvalue weighted by Crippen LogP contribution is -2.57. The number of morpholine rings is 1. The van der Waals surface area contributed by atoms with Crippen molar-refractivity contribution in [2.75, 3.05) is 38.9 Å². The maximum absolute atomic E-state index is 17.0. The highest BCUT2D eigenvalue weighted by atomic mass is 16.6. The van der Waals surface area contributed by atoms with Crippen LogP contribution in [0.15, 0.2) is 140 Å². The molecule has 5 aliphatic rings. The topological polar surface area (TPSA) is 208 Å². The molecular weight excluding hydrogens is 1020 g/mol. The average molecular weight is 1080 g/mol. The van der Waals surface area contributed by atoms with Crippen molar-refractivity contribution < 1.29 is 58.0 Å². The molecule has 0 bridgehead atoms. The molecule has 80 heavy (non-hydrogen) atoms. The number of carbonyl (C=O) groups excluding carboxylic acids is 4. The number of nitro benzene ring substituents is 1. The lowest BCUT2D eigenvalue weighted by molar-refractivity contribution is -0.384. The first-order chi connectivity index (χ1) is 38.9. The van der Waals surface area contributed by atoms with Gasteiger partial charge in [-0.3, -0.25) is 29.4 Å². The standard InChI is InChI=1S/C63H60N4O13/c1-76-51-36-45-28-32-64(38-46(45)37-52(51)77-2)58(69)53-55-59(70)80-56(43-15-9-6-10-16-43)54(42-13-7-5-8-14-42)66(55)57(44-20-24-48(25-21-44)78-34-33-68)63(53)49-35-40(27-31-62(73)29-11-3-4-12-30-62)19-26-50(49)65(60(63)71)61(72)79-39-41-17-22-47(23-18-41)67(74)75/h5-10,13-26,35-37,53-57,68,73H,3-4,11-12,28-30,32-34,38-39H2,1-2H3/t53-,54-,55-,56+,57+,63-/m1/s1. The lowest BCUT2D eigenvalue weighted by Gasteiger charge is -2.46. The van der Waals surface area contributed by atoms with Crippen molar-refractivity contribution in [2.45, 2.75) is 93.3 Å². The largest absolute Gasteiger partial charge is 0.493 e. The summed E-state index contributed by atoms with van der Waals surface area (Å²) >= 11 is 0. The van der Waals surface area contributed by atoms with Gasteiger partial charge >= 0.3 is 12.1 Å². The molecule has 6 aromatic rings. The van der Waals surface area contributed by atoms with E-state index in [0.29, 0.717) is 64.3 Å². The minimum atomic E-state index is -2.16. The number of rotatable bonds is 12. The second-order valence-electron chi connectivity index (χ2n) is 20.9. The van der Waals surface area contributed by atoms with E-state index in [1.165, 1.54) is 31.4 Å². The molecule has 17 heteroatoms. The highest BCUT2D eigenvalue weighted by Crippen LogP contribution is 2.66. The molecule has 4 aliphatic heterocycles. The number of non-ortho nitro benzene ring substituents is 1. The van der Waals surface area contributed by atoms with Crippen LogP contribution in [0.25, 0.3) is 0 Å². The van der Waals surface area contributed by atoms with Gasteiger partial charge in [0.1, 0.15) is 42.1 Å². The molecule has 2 saturated heterocycles. The highest BCUT2D eigenvalue weighted by molar-refractivity contribution is 6.23. The van der Waals surface area contributed by atoms with Crippen molar-refractivity contribution in [3.63, 3.8) is 0 Å². The van der Waals surface area contributed by atoms with E-state index < -0.39 is 70.0 Å². The van der Waals surface area contributed by atoms with E-state index in [4.69, 9.17) is 23.7 Å². The second-order valence-corrected chi connectivity index (χ2v) is 20.9. The van der Waals surface area contributed by atoms with E-state index in [-0.39, 0.29) is 49.8 Å². The fourth-order valence-electron chi connectivity index (χ4n) is 12.7. The van der Waals surface area contributed by atoms with E-state index in [2.05, 4.69) is 11.8 Å². The monoisotopic (exact) mass is 1080 g/mol. The number of imide groups is 1. The Labute approximate surface area is 462 Å². The zero-order valence-electron chi connectivity index (χ0n) is 44.3. The molecule has 6 atom stereocenters. The molecule has 0 radical (unpaired) electrons. The number of methoxy groups -OCH3 is 2. The second kappa shape index (κ2) is 22.3. The van der Waals surface area contributed by atoms with Crippen molar-refractivity contribution in [1.82, 2.24) is 9.80 Å². The number of amides is 3. The minimum Gasteiger partial charge on any atom is -0.493 e. The highest BCUT2D eigenvalue weighted by Gasteiger charge is 2.76. The molecule has 410 valence electrons. The fraction of sp³-hybridized carbons (Fsp3) is 0.333. The molecule has 1 aliphatic carbocycles. The number of ether oxygens (including phenoxy) is 5. The Kier molecular flexibility index (Phi) is 14.9. The summed E-state index contributed by atoms with van der Waals surface area (Å²) in [6.07, 6.45) is 2.76. The predicted molar refractivity (Wildman–Crippen MR) is 292 cm³/mol. The summed E-state index contributed by atoms with van der Waals surface area (Å²) in [5.41, 5.74) is 1.00. The molecule has 3 amide bonds. The third-order valence-electron chi connectivity index (χ3n) is 16.4. The SMILES string of the molecule is COc1cc2c(cc1OC)CN(C(=O)[C@H]1[C@@H]3C(=O)O[C@@H](c4ccccc4)[C@@H](c4ccccc4)N3[C@@H](c3ccc(OCCO)cc3)[C@]13C(=O)N(C(=O)OCc1ccc([N+](=O)[O-])cc1)c1ccc(C#CC4(O)CCCCCC4)cc13)CC2. The summed E-state index contributed by atoms with van der Waals surface area (Å²) in [6.45, 7) is -0.399. The Balaban J connectivity index is 1.17. The third kappa shape index (κ3) is 9.67. The average Bonchev–Trinajstić information content (AvgIpc) is 4.08. The van der Waals surface area contributed by atoms with Crippen LogP contribution >= 0.6 is 0 Å². The number of anilines is 1. The van der Waals surface area contributed by atoms with Gasteiger partial charge in [-0.1, -0.05) is 97.5 Å². The molecule has 1 saturated carbocycles. The zero-order valence-corrected chi connectivity index (χ0v) is 44.3. The van der Waals surface area contributed by atoms with Crippen molar-refractivity contribution in [3.05, 3.63) is 194 Å². The summed E-state index contributed by atoms with van der Waals surface area (Å²) < 4.78 is 29.9. The van der Waals surface area contributed by atoms with Crippen LogP contribution in [0.1, 0.15) is 101 Å². The van der Waals surface area contributed by atoms with E-state index in [9.17, 15) is 20.3 Å². The molecule has 0 aromatic heterocycles. The minimum absolute atomic E-state index is 0.00245. The van der Waals surface area contributed by atoms with Crippen LogP contribution in [0.5, 0.6) is 17.2 Å². The first-order valence-corrected chi connectivity index (χ1v) is 27.0. The smallest absolute Gasteiger partial charge is 0.421 e. The fourth-order valence-corrected chi connectivity index (χ4v) is 12.7. The number of aliphatic hydroxyl groups excluding tert-OH is 1. The molecular formula is C63H60N4O13. The van der Waals surface area contributed by atoms with E-state index in [1.807, 2.05) is 77.7 Å². The maximum atomic E-state index is 17.0. The Bertz CT molecular complexity index is 3390. The first kappa shape index (κ1) is 53.4. The first-order valence-electron chi connectivity index (χ1n) is 27.0. The van der Waals surface area contributed by atoms with Gasteiger partial charge < -0.3 is 38.8 Å². The number of benzene rings is 6. The van der Waals surface area contributed by atoms with Gasteiger partial charge in [0, 0.05) is 30.8 Å². The normalized spacial score (nSPS) is 22.9. The molecule has 1 spiro atoms. The molecule has 2 N–H and O–H groups in total. The number of carbonyl (C=O) groups is 4. The van der Waals surface area contributed by atoms with Crippen LogP contribution in [0.4, 0.5) is 16.2 Å². The van der Waals surface area contributed by atoms with Gasteiger partial charge in [-0.15, -0.1) is 0 Å². The number of nitrogens with zero attached hydrogens (tertiary/aromatic N) is 4. The van der Waals surface area contributed by atoms with Crippen molar-refractivity contribution in [2.24, 2.45) is 5.92 Å². The predicted octanol–water partition coefficient (Wildman–Crippen LogP) is 9.01. The quantitative estimate of drug-likeness (QED) is 0.0386.